The van der Waals surface area contributed by atoms with Crippen LogP contribution >= 0.6 is 0 Å². The van der Waals surface area contributed by atoms with E-state index in [0.717, 1.165) is 37.9 Å². The maximum absolute atomic E-state index is 13.3. The number of amides is 1. The molecule has 6 heteroatoms. The summed E-state index contributed by atoms with van der Waals surface area (Å²) in [7, 11) is 0. The molecular formula is C15H19F3N2O. The molecule has 1 saturated heterocycles. The van der Waals surface area contributed by atoms with E-state index >= 15 is 0 Å². The number of nitrogens with one attached hydrogen (secondary N) is 1. The van der Waals surface area contributed by atoms with Crippen molar-refractivity contribution >= 4 is 5.91 Å². The van der Waals surface area contributed by atoms with Crippen molar-refractivity contribution < 1.29 is 18.0 Å². The van der Waals surface area contributed by atoms with Crippen molar-refractivity contribution in [2.24, 2.45) is 0 Å². The van der Waals surface area contributed by atoms with Crippen LogP contribution < -0.4 is 5.32 Å². The quantitative estimate of drug-likeness (QED) is 0.867. The monoisotopic (exact) mass is 300 g/mol. The van der Waals surface area contributed by atoms with E-state index in [-0.39, 0.29) is 11.6 Å². The molecule has 0 aromatic heterocycles. The van der Waals surface area contributed by atoms with Crippen LogP contribution in [0.25, 0.3) is 0 Å². The highest BCUT2D eigenvalue weighted by atomic mass is 19.2. The van der Waals surface area contributed by atoms with Crippen LogP contribution in [0.4, 0.5) is 13.2 Å². The van der Waals surface area contributed by atoms with E-state index < -0.39 is 23.4 Å². The van der Waals surface area contributed by atoms with Gasteiger partial charge in [0.2, 0.25) is 0 Å². The van der Waals surface area contributed by atoms with Gasteiger partial charge in [-0.3, -0.25) is 4.79 Å². The standard InChI is InChI=1S/C15H19F3N2O/c1-2-6-20(11-4-3-5-19-9-11)15(21)10-7-12(16)14(18)13(17)8-10/h7-8,11,19H,2-6,9H2,1H3. The molecule has 1 atom stereocenters. The van der Waals surface area contributed by atoms with Crippen LogP contribution in [0.1, 0.15) is 36.5 Å². The minimum Gasteiger partial charge on any atom is -0.334 e. The Morgan fingerprint density at radius 3 is 2.52 bits per heavy atom. The first-order valence-electron chi connectivity index (χ1n) is 7.20. The summed E-state index contributed by atoms with van der Waals surface area (Å²) in [5.41, 5.74) is -0.148. The van der Waals surface area contributed by atoms with Crippen LogP contribution in [0.3, 0.4) is 0 Å². The third-order valence-electron chi connectivity index (χ3n) is 3.67. The molecule has 1 aromatic carbocycles. The topological polar surface area (TPSA) is 32.3 Å². The zero-order chi connectivity index (χ0) is 15.4. The molecule has 1 aliphatic heterocycles. The van der Waals surface area contributed by atoms with Gasteiger partial charge in [-0.05, 0) is 37.9 Å². The Morgan fingerprint density at radius 2 is 2.00 bits per heavy atom. The largest absolute Gasteiger partial charge is 0.334 e. The van der Waals surface area contributed by atoms with E-state index in [4.69, 9.17) is 0 Å². The SMILES string of the molecule is CCCN(C(=O)c1cc(F)c(F)c(F)c1)C1CCCNC1. The van der Waals surface area contributed by atoms with Crippen molar-refractivity contribution in [3.8, 4) is 0 Å². The Balaban J connectivity index is 2.25. The zero-order valence-corrected chi connectivity index (χ0v) is 12.0. The molecule has 2 rings (SSSR count). The molecule has 0 spiro atoms. The summed E-state index contributed by atoms with van der Waals surface area (Å²) in [5.74, 6) is -4.68. The summed E-state index contributed by atoms with van der Waals surface area (Å²) in [6.45, 7) is 4.01. The van der Waals surface area contributed by atoms with Crippen LogP contribution in [-0.4, -0.2) is 36.5 Å². The van der Waals surface area contributed by atoms with E-state index in [9.17, 15) is 18.0 Å². The molecule has 1 unspecified atom stereocenters. The van der Waals surface area contributed by atoms with Gasteiger partial charge in [0.25, 0.3) is 5.91 Å². The second-order valence-corrected chi connectivity index (χ2v) is 5.25. The lowest BCUT2D eigenvalue weighted by atomic mass is 10.0. The first-order chi connectivity index (χ1) is 10.0. The van der Waals surface area contributed by atoms with Gasteiger partial charge < -0.3 is 10.2 Å². The molecule has 1 N–H and O–H groups in total. The van der Waals surface area contributed by atoms with Gasteiger partial charge in [0.1, 0.15) is 0 Å². The highest BCUT2D eigenvalue weighted by Crippen LogP contribution is 2.19. The second kappa shape index (κ2) is 6.93. The molecule has 3 nitrogen and oxygen atoms in total. The number of hydrogen-bond donors (Lipinski definition) is 1. The molecule has 1 aliphatic rings. The van der Waals surface area contributed by atoms with Gasteiger partial charge in [-0.15, -0.1) is 0 Å². The fraction of sp³-hybridized carbons (Fsp3) is 0.533. The Morgan fingerprint density at radius 1 is 1.33 bits per heavy atom. The van der Waals surface area contributed by atoms with E-state index in [1.807, 2.05) is 6.92 Å². The van der Waals surface area contributed by atoms with Gasteiger partial charge in [-0.2, -0.15) is 0 Å². The van der Waals surface area contributed by atoms with Crippen molar-refractivity contribution in [1.82, 2.24) is 10.2 Å². The van der Waals surface area contributed by atoms with Crippen LogP contribution in [-0.2, 0) is 0 Å². The molecule has 116 valence electrons. The highest BCUT2D eigenvalue weighted by molar-refractivity contribution is 5.94. The van der Waals surface area contributed by atoms with Gasteiger partial charge in [0, 0.05) is 24.7 Å². The molecule has 1 fully saturated rings. The molecule has 0 aliphatic carbocycles. The smallest absolute Gasteiger partial charge is 0.254 e. The minimum atomic E-state index is -1.55. The van der Waals surface area contributed by atoms with E-state index in [0.29, 0.717) is 13.1 Å². The number of carbonyl (C=O) groups excluding carboxylic acids is 1. The average molecular weight is 300 g/mol. The fourth-order valence-corrected chi connectivity index (χ4v) is 2.64. The summed E-state index contributed by atoms with van der Waals surface area (Å²) < 4.78 is 39.6. The molecule has 21 heavy (non-hydrogen) atoms. The number of nitrogens with zero attached hydrogens (tertiary/aromatic N) is 1. The number of benzene rings is 1. The minimum absolute atomic E-state index is 0.00220. The van der Waals surface area contributed by atoms with Crippen molar-refractivity contribution in [2.75, 3.05) is 19.6 Å². The van der Waals surface area contributed by atoms with E-state index in [1.54, 1.807) is 4.90 Å². The van der Waals surface area contributed by atoms with Crippen LogP contribution in [0.15, 0.2) is 12.1 Å². The summed E-state index contributed by atoms with van der Waals surface area (Å²) in [6.07, 6.45) is 2.55. The predicted molar refractivity (Wildman–Crippen MR) is 73.5 cm³/mol. The normalized spacial score (nSPS) is 18.6. The average Bonchev–Trinajstić information content (AvgIpc) is 2.50. The maximum Gasteiger partial charge on any atom is 0.254 e. The maximum atomic E-state index is 13.3. The molecule has 1 amide bonds. The van der Waals surface area contributed by atoms with Gasteiger partial charge in [-0.25, -0.2) is 13.2 Å². The molecule has 0 radical (unpaired) electrons. The summed E-state index contributed by atoms with van der Waals surface area (Å²) in [5, 5.41) is 3.21. The Bertz CT molecular complexity index is 493. The van der Waals surface area contributed by atoms with E-state index in [1.165, 1.54) is 0 Å². The Labute approximate surface area is 122 Å². The lowest BCUT2D eigenvalue weighted by molar-refractivity contribution is 0.0647. The molecular weight excluding hydrogens is 281 g/mol. The number of rotatable bonds is 4. The first kappa shape index (κ1) is 15.8. The third kappa shape index (κ3) is 3.56. The molecule has 0 bridgehead atoms. The van der Waals surface area contributed by atoms with Crippen LogP contribution in [0.5, 0.6) is 0 Å². The predicted octanol–water partition coefficient (Wildman–Crippen LogP) is 2.71. The third-order valence-corrected chi connectivity index (χ3v) is 3.67. The van der Waals surface area contributed by atoms with Gasteiger partial charge in [-0.1, -0.05) is 6.92 Å². The van der Waals surface area contributed by atoms with Gasteiger partial charge in [0.05, 0.1) is 0 Å². The van der Waals surface area contributed by atoms with Gasteiger partial charge in [0.15, 0.2) is 17.5 Å². The summed E-state index contributed by atoms with van der Waals surface area (Å²) >= 11 is 0. The number of piperidine rings is 1. The van der Waals surface area contributed by atoms with E-state index in [2.05, 4.69) is 5.32 Å². The first-order valence-corrected chi connectivity index (χ1v) is 7.20. The molecule has 0 saturated carbocycles. The van der Waals surface area contributed by atoms with Crippen molar-refractivity contribution in [1.29, 1.82) is 0 Å². The van der Waals surface area contributed by atoms with Crippen LogP contribution in [0, 0.1) is 17.5 Å². The number of carbonyl (C=O) groups is 1. The van der Waals surface area contributed by atoms with Crippen molar-refractivity contribution in [2.45, 2.75) is 32.2 Å². The fourth-order valence-electron chi connectivity index (χ4n) is 2.64. The lowest BCUT2D eigenvalue weighted by Crippen LogP contribution is -2.49. The van der Waals surface area contributed by atoms with Gasteiger partial charge >= 0.3 is 0 Å². The highest BCUT2D eigenvalue weighted by Gasteiger charge is 2.27. The Hall–Kier alpha value is -1.56. The van der Waals surface area contributed by atoms with Crippen molar-refractivity contribution in [3.63, 3.8) is 0 Å². The second-order valence-electron chi connectivity index (χ2n) is 5.25. The zero-order valence-electron chi connectivity index (χ0n) is 12.0. The summed E-state index contributed by atoms with van der Waals surface area (Å²) in [6, 6.07) is 1.53. The van der Waals surface area contributed by atoms with Crippen molar-refractivity contribution in [3.05, 3.63) is 35.1 Å². The molecule has 1 aromatic rings. The summed E-state index contributed by atoms with van der Waals surface area (Å²) in [4.78, 5) is 14.1. The Kier molecular flexibility index (Phi) is 5.22. The number of halogens is 3. The lowest BCUT2D eigenvalue weighted by Gasteiger charge is -2.34. The van der Waals surface area contributed by atoms with Crippen LogP contribution in [0.2, 0.25) is 0 Å². The number of hydrogen-bond acceptors (Lipinski definition) is 2. The molecule has 1 heterocycles.